The number of rotatable bonds is 8. The smallest absolute Gasteiger partial charge is 0.262 e. The van der Waals surface area contributed by atoms with Gasteiger partial charge in [0.2, 0.25) is 0 Å². The van der Waals surface area contributed by atoms with Crippen LogP contribution in [0.2, 0.25) is 0 Å². The third-order valence-electron chi connectivity index (χ3n) is 3.11. The van der Waals surface area contributed by atoms with Crippen molar-refractivity contribution in [1.82, 2.24) is 4.98 Å². The van der Waals surface area contributed by atoms with Crippen LogP contribution in [0.1, 0.15) is 0 Å². The highest BCUT2D eigenvalue weighted by atomic mass is 32.2. The van der Waals surface area contributed by atoms with Crippen LogP contribution < -0.4 is 19.5 Å². The molecule has 2 N–H and O–H groups in total. The number of methoxy groups -OCH3 is 2. The quantitative estimate of drug-likeness (QED) is 0.712. The van der Waals surface area contributed by atoms with E-state index in [2.05, 4.69) is 21.6 Å². The molecule has 0 aliphatic heterocycles. The molecule has 0 atom stereocenters. The average molecular weight is 349 g/mol. The summed E-state index contributed by atoms with van der Waals surface area (Å²) in [6.07, 6.45) is 3.14. The maximum absolute atomic E-state index is 12.5. The number of aromatic nitrogens is 1. The first-order valence-corrected chi connectivity index (χ1v) is 8.54. The standard InChI is InChI=1S/C16H19N3O4S/c1-4-9-17-16-8-5-12(11-18-16)19-24(20,21)13-6-7-14(22-2)15(10-13)23-3/h4-8,10-11,19H,1,9H2,2-3H3,(H,17,18). The topological polar surface area (TPSA) is 89.5 Å². The lowest BCUT2D eigenvalue weighted by Gasteiger charge is -2.12. The van der Waals surface area contributed by atoms with Gasteiger partial charge in [0, 0.05) is 12.6 Å². The minimum absolute atomic E-state index is 0.0639. The van der Waals surface area contributed by atoms with Crippen molar-refractivity contribution in [3.8, 4) is 11.5 Å². The van der Waals surface area contributed by atoms with Crippen molar-refractivity contribution < 1.29 is 17.9 Å². The second-order valence-electron chi connectivity index (χ2n) is 4.72. The molecule has 1 aromatic heterocycles. The summed E-state index contributed by atoms with van der Waals surface area (Å²) in [6.45, 7) is 4.17. The van der Waals surface area contributed by atoms with Gasteiger partial charge in [0.05, 0.1) is 31.0 Å². The van der Waals surface area contributed by atoms with Crippen LogP contribution in [0.15, 0.2) is 54.1 Å². The molecule has 0 amide bonds. The fraction of sp³-hybridized carbons (Fsp3) is 0.188. The molecule has 0 unspecified atom stereocenters. The molecule has 0 aliphatic rings. The van der Waals surface area contributed by atoms with E-state index in [4.69, 9.17) is 9.47 Å². The lowest BCUT2D eigenvalue weighted by Crippen LogP contribution is -2.13. The molecule has 0 saturated carbocycles. The number of hydrogen-bond donors (Lipinski definition) is 2. The maximum atomic E-state index is 12.5. The highest BCUT2D eigenvalue weighted by Gasteiger charge is 2.17. The highest BCUT2D eigenvalue weighted by molar-refractivity contribution is 7.92. The highest BCUT2D eigenvalue weighted by Crippen LogP contribution is 2.30. The third kappa shape index (κ3) is 4.17. The first kappa shape index (κ1) is 17.6. The molecule has 0 bridgehead atoms. The third-order valence-corrected chi connectivity index (χ3v) is 4.49. The Kier molecular flexibility index (Phi) is 5.64. The molecule has 128 valence electrons. The number of ether oxygens (including phenoxy) is 2. The van der Waals surface area contributed by atoms with Crippen molar-refractivity contribution in [3.05, 3.63) is 49.2 Å². The predicted molar refractivity (Wildman–Crippen MR) is 93.3 cm³/mol. The Morgan fingerprint density at radius 1 is 1.17 bits per heavy atom. The number of nitrogens with one attached hydrogen (secondary N) is 2. The molecule has 1 heterocycles. The monoisotopic (exact) mass is 349 g/mol. The molecular formula is C16H19N3O4S. The summed E-state index contributed by atoms with van der Waals surface area (Å²) in [6, 6.07) is 7.67. The summed E-state index contributed by atoms with van der Waals surface area (Å²) in [5.74, 6) is 1.42. The van der Waals surface area contributed by atoms with Crippen molar-refractivity contribution in [2.24, 2.45) is 0 Å². The van der Waals surface area contributed by atoms with Gasteiger partial charge in [-0.05, 0) is 24.3 Å². The van der Waals surface area contributed by atoms with Crippen molar-refractivity contribution in [2.75, 3.05) is 30.8 Å². The van der Waals surface area contributed by atoms with Crippen molar-refractivity contribution in [2.45, 2.75) is 4.90 Å². The first-order chi connectivity index (χ1) is 11.5. The van der Waals surface area contributed by atoms with Crippen LogP contribution in [0.5, 0.6) is 11.5 Å². The molecule has 24 heavy (non-hydrogen) atoms. The van der Waals surface area contributed by atoms with E-state index in [1.165, 1.54) is 38.6 Å². The number of hydrogen-bond acceptors (Lipinski definition) is 6. The fourth-order valence-electron chi connectivity index (χ4n) is 1.93. The minimum Gasteiger partial charge on any atom is -0.493 e. The van der Waals surface area contributed by atoms with Crippen molar-refractivity contribution >= 4 is 21.5 Å². The molecule has 7 nitrogen and oxygen atoms in total. The fourth-order valence-corrected chi connectivity index (χ4v) is 2.99. The molecule has 0 fully saturated rings. The zero-order valence-electron chi connectivity index (χ0n) is 13.4. The van der Waals surface area contributed by atoms with Crippen LogP contribution in [-0.4, -0.2) is 34.2 Å². The Labute approximate surface area is 141 Å². The van der Waals surface area contributed by atoms with E-state index in [0.29, 0.717) is 29.5 Å². The van der Waals surface area contributed by atoms with Crippen LogP contribution >= 0.6 is 0 Å². The molecule has 8 heteroatoms. The zero-order chi connectivity index (χ0) is 17.6. The lowest BCUT2D eigenvalue weighted by molar-refractivity contribution is 0.354. The van der Waals surface area contributed by atoms with E-state index >= 15 is 0 Å². The molecule has 0 saturated heterocycles. The summed E-state index contributed by atoms with van der Waals surface area (Å²) < 4.78 is 37.6. The summed E-state index contributed by atoms with van der Waals surface area (Å²) in [5, 5.41) is 3.01. The Morgan fingerprint density at radius 2 is 1.92 bits per heavy atom. The minimum atomic E-state index is -3.76. The predicted octanol–water partition coefficient (Wildman–Crippen LogP) is 2.50. The zero-order valence-corrected chi connectivity index (χ0v) is 14.3. The van der Waals surface area contributed by atoms with Crippen LogP contribution in [0.25, 0.3) is 0 Å². The van der Waals surface area contributed by atoms with E-state index in [9.17, 15) is 8.42 Å². The van der Waals surface area contributed by atoms with Crippen LogP contribution in [0.3, 0.4) is 0 Å². The van der Waals surface area contributed by atoms with Gasteiger partial charge in [-0.3, -0.25) is 4.72 Å². The number of nitrogens with zero attached hydrogens (tertiary/aromatic N) is 1. The van der Waals surface area contributed by atoms with Crippen molar-refractivity contribution in [3.63, 3.8) is 0 Å². The van der Waals surface area contributed by atoms with Gasteiger partial charge >= 0.3 is 0 Å². The van der Waals surface area contributed by atoms with Gasteiger partial charge in [-0.1, -0.05) is 6.08 Å². The second kappa shape index (κ2) is 7.69. The van der Waals surface area contributed by atoms with E-state index in [-0.39, 0.29) is 4.90 Å². The summed E-state index contributed by atoms with van der Waals surface area (Å²) in [7, 11) is -0.834. The van der Waals surface area contributed by atoms with E-state index in [1.54, 1.807) is 18.2 Å². The first-order valence-electron chi connectivity index (χ1n) is 7.06. The summed E-state index contributed by atoms with van der Waals surface area (Å²) in [4.78, 5) is 4.19. The van der Waals surface area contributed by atoms with E-state index in [0.717, 1.165) is 0 Å². The van der Waals surface area contributed by atoms with E-state index < -0.39 is 10.0 Å². The Hall–Kier alpha value is -2.74. The second-order valence-corrected chi connectivity index (χ2v) is 6.41. The van der Waals surface area contributed by atoms with Gasteiger partial charge < -0.3 is 14.8 Å². The van der Waals surface area contributed by atoms with E-state index in [1.807, 2.05) is 0 Å². The largest absolute Gasteiger partial charge is 0.493 e. The normalized spacial score (nSPS) is 10.8. The average Bonchev–Trinajstić information content (AvgIpc) is 2.60. The molecule has 1 aromatic carbocycles. The van der Waals surface area contributed by atoms with Crippen LogP contribution in [0.4, 0.5) is 11.5 Å². The summed E-state index contributed by atoms with van der Waals surface area (Å²) in [5.41, 5.74) is 0.355. The molecule has 2 rings (SSSR count). The molecule has 0 spiro atoms. The van der Waals surface area contributed by atoms with Crippen molar-refractivity contribution in [1.29, 1.82) is 0 Å². The van der Waals surface area contributed by atoms with Gasteiger partial charge in [0.1, 0.15) is 5.82 Å². The number of anilines is 2. The van der Waals surface area contributed by atoms with Gasteiger partial charge in [0.15, 0.2) is 11.5 Å². The maximum Gasteiger partial charge on any atom is 0.262 e. The van der Waals surface area contributed by atoms with Gasteiger partial charge in [0.25, 0.3) is 10.0 Å². The van der Waals surface area contributed by atoms with Crippen LogP contribution in [0, 0.1) is 0 Å². The number of benzene rings is 1. The van der Waals surface area contributed by atoms with Crippen LogP contribution in [-0.2, 0) is 10.0 Å². The molecular weight excluding hydrogens is 330 g/mol. The molecule has 2 aromatic rings. The summed E-state index contributed by atoms with van der Waals surface area (Å²) >= 11 is 0. The van der Waals surface area contributed by atoms with Gasteiger partial charge in [-0.2, -0.15) is 0 Å². The van der Waals surface area contributed by atoms with Gasteiger partial charge in [-0.25, -0.2) is 13.4 Å². The lowest BCUT2D eigenvalue weighted by atomic mass is 10.3. The Morgan fingerprint density at radius 3 is 2.50 bits per heavy atom. The molecule has 0 aliphatic carbocycles. The number of sulfonamides is 1. The molecule has 0 radical (unpaired) electrons. The SMILES string of the molecule is C=CCNc1ccc(NS(=O)(=O)c2ccc(OC)c(OC)c2)cn1. The van der Waals surface area contributed by atoms with Gasteiger partial charge in [-0.15, -0.1) is 6.58 Å². The Bertz CT molecular complexity index is 805. The number of pyridine rings is 1. The Balaban J connectivity index is 2.20.